The number of benzene rings is 2. The number of carbonyl (C=O) groups is 4. The number of methoxy groups -OCH3 is 2. The van der Waals surface area contributed by atoms with Crippen LogP contribution in [0.1, 0.15) is 44.8 Å². The highest BCUT2D eigenvalue weighted by molar-refractivity contribution is 6.05. The number of aliphatic hydroxyl groups is 1. The quantitative estimate of drug-likeness (QED) is 0.297. The van der Waals surface area contributed by atoms with Gasteiger partial charge in [0, 0.05) is 25.8 Å². The highest BCUT2D eigenvalue weighted by atomic mass is 16.6. The van der Waals surface area contributed by atoms with Gasteiger partial charge in [0.25, 0.3) is 5.91 Å². The van der Waals surface area contributed by atoms with Crippen LogP contribution in [-0.4, -0.2) is 97.5 Å². The number of rotatable bonds is 9. The molecule has 8 atom stereocenters. The van der Waals surface area contributed by atoms with Crippen molar-refractivity contribution in [3.8, 4) is 5.75 Å². The second-order valence-corrected chi connectivity index (χ2v) is 14.0. The Hall–Kier alpha value is -4.52. The summed E-state index contributed by atoms with van der Waals surface area (Å²) in [5.74, 6) is -3.37. The summed E-state index contributed by atoms with van der Waals surface area (Å²) in [5.41, 5.74) is -0.320. The van der Waals surface area contributed by atoms with Gasteiger partial charge in [0.05, 0.1) is 44.4 Å². The number of esters is 1. The normalized spacial score (nSPS) is 30.7. The fourth-order valence-electron chi connectivity index (χ4n) is 8.04. The number of hydrogen-bond donors (Lipinski definition) is 2. The van der Waals surface area contributed by atoms with E-state index in [0.717, 1.165) is 0 Å². The van der Waals surface area contributed by atoms with E-state index in [2.05, 4.69) is 5.32 Å². The molecule has 4 heterocycles. The van der Waals surface area contributed by atoms with Crippen LogP contribution in [0, 0.1) is 17.8 Å². The number of ether oxygens (including phenoxy) is 4. The minimum atomic E-state index is -1.55. The summed E-state index contributed by atoms with van der Waals surface area (Å²) >= 11 is 0. The molecule has 0 bridgehead atoms. The molecule has 2 saturated heterocycles. The average molecular weight is 702 g/mol. The number of allylic oxidation sites excluding steroid dienone is 1. The zero-order valence-corrected chi connectivity index (χ0v) is 29.5. The van der Waals surface area contributed by atoms with Crippen molar-refractivity contribution in [3.05, 3.63) is 84.5 Å². The van der Waals surface area contributed by atoms with Gasteiger partial charge in [-0.1, -0.05) is 68.5 Å². The molecule has 3 amide bonds. The lowest BCUT2D eigenvalue weighted by Crippen LogP contribution is -2.58. The number of amides is 3. The van der Waals surface area contributed by atoms with Crippen molar-refractivity contribution in [1.82, 2.24) is 10.2 Å². The van der Waals surface area contributed by atoms with Crippen LogP contribution in [0.4, 0.5) is 5.69 Å². The minimum Gasteiger partial charge on any atom is -0.497 e. The van der Waals surface area contributed by atoms with Gasteiger partial charge in [-0.3, -0.25) is 19.2 Å². The molecule has 4 aliphatic heterocycles. The first kappa shape index (κ1) is 36.3. The third-order valence-electron chi connectivity index (χ3n) is 10.2. The van der Waals surface area contributed by atoms with Crippen LogP contribution < -0.4 is 15.0 Å². The Kier molecular flexibility index (Phi) is 10.9. The maximum absolute atomic E-state index is 15.0. The van der Waals surface area contributed by atoms with Crippen LogP contribution in [0.5, 0.6) is 5.75 Å². The van der Waals surface area contributed by atoms with E-state index < -0.39 is 65.6 Å². The van der Waals surface area contributed by atoms with E-state index >= 15 is 0 Å². The molecule has 1 spiro atoms. The maximum atomic E-state index is 15.0. The number of hydrogen-bond acceptors (Lipinski definition) is 9. The van der Waals surface area contributed by atoms with E-state index in [1.807, 2.05) is 32.0 Å². The first-order valence-electron chi connectivity index (χ1n) is 17.6. The molecule has 0 saturated carbocycles. The molecule has 2 aromatic carbocycles. The largest absolute Gasteiger partial charge is 0.497 e. The predicted molar refractivity (Wildman–Crippen MR) is 187 cm³/mol. The van der Waals surface area contributed by atoms with Crippen LogP contribution in [-0.2, 0) is 33.4 Å². The van der Waals surface area contributed by atoms with Crippen LogP contribution in [0.3, 0.4) is 0 Å². The topological polar surface area (TPSA) is 144 Å². The number of aliphatic hydroxyl groups excluding tert-OH is 1. The monoisotopic (exact) mass is 701 g/mol. The van der Waals surface area contributed by atoms with Gasteiger partial charge < -0.3 is 39.2 Å². The van der Waals surface area contributed by atoms with E-state index in [1.165, 1.54) is 12.0 Å². The van der Waals surface area contributed by atoms with E-state index in [-0.39, 0.29) is 38.0 Å². The molecule has 272 valence electrons. The third-order valence-corrected chi connectivity index (χ3v) is 10.2. The minimum absolute atomic E-state index is 0.0625. The number of fused-ring (bicyclic) bond motifs is 2. The Labute approximate surface area is 298 Å². The van der Waals surface area contributed by atoms with E-state index in [1.54, 1.807) is 72.7 Å². The second kappa shape index (κ2) is 15.4. The zero-order chi connectivity index (χ0) is 36.3. The smallest absolute Gasteiger partial charge is 0.313 e. The van der Waals surface area contributed by atoms with Crippen LogP contribution in [0.25, 0.3) is 0 Å². The summed E-state index contributed by atoms with van der Waals surface area (Å²) < 4.78 is 24.0. The Bertz CT molecular complexity index is 1640. The van der Waals surface area contributed by atoms with E-state index in [0.29, 0.717) is 29.8 Å². The van der Waals surface area contributed by atoms with E-state index in [9.17, 15) is 24.3 Å². The average Bonchev–Trinajstić information content (AvgIpc) is 3.52. The van der Waals surface area contributed by atoms with Crippen molar-refractivity contribution in [1.29, 1.82) is 0 Å². The number of cyclic esters (lactones) is 1. The van der Waals surface area contributed by atoms with Crippen LogP contribution in [0.15, 0.2) is 78.9 Å². The molecule has 12 heteroatoms. The van der Waals surface area contributed by atoms with Crippen molar-refractivity contribution in [2.24, 2.45) is 17.8 Å². The highest BCUT2D eigenvalue weighted by Gasteiger charge is 2.72. The molecule has 51 heavy (non-hydrogen) atoms. The predicted octanol–water partition coefficient (Wildman–Crippen LogP) is 3.35. The molecule has 0 aromatic heterocycles. The summed E-state index contributed by atoms with van der Waals surface area (Å²) in [6.07, 6.45) is 6.07. The Morgan fingerprint density at radius 2 is 1.75 bits per heavy atom. The van der Waals surface area contributed by atoms with E-state index in [4.69, 9.17) is 18.9 Å². The standard InChI is InChI=1S/C39H47N3O9/c1-24(2)21-27(22-43)42-35-37(46)41(26-15-17-28(49-4)18-16-26)20-10-19-39(35)33(36(42)45)32-30(51-39)13-8-9-14-31(44)40-29(23-48-3)34(50-38(32)47)25-11-6-5-7-12-25/h5-8,10-13,15-19,24,27,29-30,32-35,43H,9,14,20-23H2,1-4H3,(H,40,44)/b13-8-/t27-,29-,30-,32+,33+,34-,35-,39+/m1/s1. The molecular formula is C39H47N3O9. The fourth-order valence-corrected chi connectivity index (χ4v) is 8.04. The van der Waals surface area contributed by atoms with Gasteiger partial charge in [-0.05, 0) is 48.6 Å². The number of nitrogens with zero attached hydrogens (tertiary/aromatic N) is 2. The van der Waals surface area contributed by atoms with Crippen molar-refractivity contribution in [2.45, 2.75) is 69.0 Å². The van der Waals surface area contributed by atoms with Gasteiger partial charge in [-0.15, -0.1) is 0 Å². The first-order chi connectivity index (χ1) is 24.6. The Balaban J connectivity index is 1.47. The molecule has 4 aliphatic rings. The Morgan fingerprint density at radius 1 is 1.00 bits per heavy atom. The van der Waals surface area contributed by atoms with Gasteiger partial charge in [0.2, 0.25) is 11.8 Å². The number of nitrogens with one attached hydrogen (secondary N) is 1. The summed E-state index contributed by atoms with van der Waals surface area (Å²) in [7, 11) is 3.07. The van der Waals surface area contributed by atoms with Gasteiger partial charge in [-0.2, -0.15) is 0 Å². The maximum Gasteiger partial charge on any atom is 0.313 e. The van der Waals surface area contributed by atoms with Crippen LogP contribution in [0.2, 0.25) is 0 Å². The molecule has 0 aliphatic carbocycles. The molecule has 6 rings (SSSR count). The lowest BCUT2D eigenvalue weighted by molar-refractivity contribution is -0.163. The molecule has 12 nitrogen and oxygen atoms in total. The van der Waals surface area contributed by atoms with Gasteiger partial charge in [0.1, 0.15) is 29.4 Å². The molecule has 0 radical (unpaired) electrons. The SMILES string of the molecule is COC[C@H]1NC(=O)CC/C=C\[C@H]2O[C@]34C=CCN(c5ccc(OC)cc5)C(=O)[C@H]3N([C@@H](CO)CC(C)C)C(=O)[C@@H]4[C@H]2C(=O)O[C@@H]1c1ccccc1. The van der Waals surface area contributed by atoms with Gasteiger partial charge in [0.15, 0.2) is 0 Å². The Morgan fingerprint density at radius 3 is 2.41 bits per heavy atom. The van der Waals surface area contributed by atoms with Crippen molar-refractivity contribution in [3.63, 3.8) is 0 Å². The van der Waals surface area contributed by atoms with Crippen molar-refractivity contribution in [2.75, 3.05) is 38.9 Å². The zero-order valence-electron chi connectivity index (χ0n) is 29.5. The first-order valence-corrected chi connectivity index (χ1v) is 17.6. The summed E-state index contributed by atoms with van der Waals surface area (Å²) in [6, 6.07) is 13.5. The molecule has 2 N–H and O–H groups in total. The molecule has 2 aromatic rings. The number of anilines is 1. The number of carbonyl (C=O) groups excluding carboxylic acids is 4. The fraction of sp³-hybridized carbons (Fsp3) is 0.487. The summed E-state index contributed by atoms with van der Waals surface area (Å²) in [6.45, 7) is 3.84. The summed E-state index contributed by atoms with van der Waals surface area (Å²) in [4.78, 5) is 60.6. The van der Waals surface area contributed by atoms with Crippen molar-refractivity contribution >= 4 is 29.4 Å². The van der Waals surface area contributed by atoms with Crippen LogP contribution >= 0.6 is 0 Å². The molecule has 0 unspecified atom stereocenters. The van der Waals surface area contributed by atoms with Crippen molar-refractivity contribution < 1.29 is 43.2 Å². The number of likely N-dealkylation sites (tertiary alicyclic amines) is 1. The molecule has 2 fully saturated rings. The molecular weight excluding hydrogens is 654 g/mol. The lowest BCUT2D eigenvalue weighted by Gasteiger charge is -2.39. The third kappa shape index (κ3) is 6.92. The van der Waals surface area contributed by atoms with Gasteiger partial charge in [-0.25, -0.2) is 0 Å². The second-order valence-electron chi connectivity index (χ2n) is 14.0. The lowest BCUT2D eigenvalue weighted by atomic mass is 9.77. The summed E-state index contributed by atoms with van der Waals surface area (Å²) in [5, 5.41) is 13.7. The highest BCUT2D eigenvalue weighted by Crippen LogP contribution is 2.54. The van der Waals surface area contributed by atoms with Gasteiger partial charge >= 0.3 is 5.97 Å².